The highest BCUT2D eigenvalue weighted by Crippen LogP contribution is 2.40. The van der Waals surface area contributed by atoms with Gasteiger partial charge in [-0.2, -0.15) is 0 Å². The lowest BCUT2D eigenvalue weighted by molar-refractivity contribution is 0.0598. The summed E-state index contributed by atoms with van der Waals surface area (Å²) in [7, 11) is 1.37. The molecule has 138 valence electrons. The van der Waals surface area contributed by atoms with Crippen molar-refractivity contribution in [1.29, 1.82) is 0 Å². The summed E-state index contributed by atoms with van der Waals surface area (Å²) in [6.45, 7) is 1.41. The highest BCUT2D eigenvalue weighted by molar-refractivity contribution is 5.91. The van der Waals surface area contributed by atoms with Crippen LogP contribution in [0.1, 0.15) is 44.9 Å². The molecule has 2 unspecified atom stereocenters. The molecule has 0 bridgehead atoms. The van der Waals surface area contributed by atoms with Crippen LogP contribution >= 0.6 is 0 Å². The van der Waals surface area contributed by atoms with E-state index in [-0.39, 0.29) is 6.04 Å². The number of carbonyl (C=O) groups excluding carboxylic acids is 1. The third-order valence-corrected chi connectivity index (χ3v) is 5.93. The Balaban J connectivity index is 1.67. The van der Waals surface area contributed by atoms with Gasteiger partial charge in [0.05, 0.1) is 24.8 Å². The fourth-order valence-electron chi connectivity index (χ4n) is 4.64. The van der Waals surface area contributed by atoms with E-state index in [1.165, 1.54) is 23.8 Å². The van der Waals surface area contributed by atoms with Gasteiger partial charge < -0.3 is 14.8 Å². The second-order valence-electron chi connectivity index (χ2n) is 7.29. The maximum Gasteiger partial charge on any atom is 0.339 e. The Morgan fingerprint density at radius 1 is 1.30 bits per heavy atom. The zero-order valence-electron chi connectivity index (χ0n) is 15.1. The standard InChI is InChI=1S/C21H21N3O3/c1-27-21(26)16-10-22-9-15-14(16)8-18-20-13(6-7-24(18)11-19(15)25)12-4-2-3-5-17(12)23-20/h2-5,9-10,18-19,23,25H,6-8,11H2,1H3. The summed E-state index contributed by atoms with van der Waals surface area (Å²) in [5.74, 6) is -0.410. The Labute approximate surface area is 156 Å². The van der Waals surface area contributed by atoms with E-state index >= 15 is 0 Å². The van der Waals surface area contributed by atoms with Gasteiger partial charge in [-0.15, -0.1) is 0 Å². The minimum atomic E-state index is -0.673. The summed E-state index contributed by atoms with van der Waals surface area (Å²) in [5.41, 5.74) is 5.68. The maximum absolute atomic E-state index is 12.3. The Bertz CT molecular complexity index is 1040. The van der Waals surface area contributed by atoms with Crippen LogP contribution in [0.4, 0.5) is 0 Å². The maximum atomic E-state index is 12.3. The molecule has 0 saturated carbocycles. The molecule has 0 fully saturated rings. The fraction of sp³-hybridized carbons (Fsp3) is 0.333. The molecule has 2 N–H and O–H groups in total. The quantitative estimate of drug-likeness (QED) is 0.650. The van der Waals surface area contributed by atoms with Gasteiger partial charge >= 0.3 is 5.97 Å². The van der Waals surface area contributed by atoms with Gasteiger partial charge in [-0.1, -0.05) is 18.2 Å². The van der Waals surface area contributed by atoms with Crippen molar-refractivity contribution in [2.75, 3.05) is 20.2 Å². The summed E-state index contributed by atoms with van der Waals surface area (Å²) >= 11 is 0. The molecule has 2 atom stereocenters. The molecule has 2 aliphatic rings. The minimum absolute atomic E-state index is 0.0860. The average Bonchev–Trinajstić information content (AvgIpc) is 3.00. The molecule has 27 heavy (non-hydrogen) atoms. The molecule has 4 heterocycles. The largest absolute Gasteiger partial charge is 0.465 e. The van der Waals surface area contributed by atoms with E-state index in [0.717, 1.165) is 29.6 Å². The number of H-pyrrole nitrogens is 1. The Kier molecular flexibility index (Phi) is 3.77. The van der Waals surface area contributed by atoms with Crippen LogP contribution < -0.4 is 0 Å². The third-order valence-electron chi connectivity index (χ3n) is 5.93. The van der Waals surface area contributed by atoms with Crippen LogP contribution in [0, 0.1) is 0 Å². The van der Waals surface area contributed by atoms with E-state index in [9.17, 15) is 9.90 Å². The van der Waals surface area contributed by atoms with E-state index < -0.39 is 12.1 Å². The number of methoxy groups -OCH3 is 1. The zero-order chi connectivity index (χ0) is 18.5. The number of carbonyl (C=O) groups is 1. The second kappa shape index (κ2) is 6.18. The van der Waals surface area contributed by atoms with E-state index in [2.05, 4.69) is 33.1 Å². The van der Waals surface area contributed by atoms with Gasteiger partial charge in [-0.05, 0) is 30.0 Å². The predicted octanol–water partition coefficient (Wildman–Crippen LogP) is 2.54. The van der Waals surface area contributed by atoms with Gasteiger partial charge in [0.1, 0.15) is 0 Å². The van der Waals surface area contributed by atoms with Crippen molar-refractivity contribution in [2.24, 2.45) is 0 Å². The SMILES string of the molecule is COC(=O)c1cncc2c1CC1c3[nH]c4ccccc4c3CCN1CC2O. The molecule has 0 spiro atoms. The first-order valence-electron chi connectivity index (χ1n) is 9.24. The predicted molar refractivity (Wildman–Crippen MR) is 101 cm³/mol. The topological polar surface area (TPSA) is 78.5 Å². The molecule has 6 heteroatoms. The monoisotopic (exact) mass is 363 g/mol. The second-order valence-corrected chi connectivity index (χ2v) is 7.29. The van der Waals surface area contributed by atoms with Gasteiger partial charge in [0.15, 0.2) is 0 Å². The fourth-order valence-corrected chi connectivity index (χ4v) is 4.64. The molecule has 3 aromatic rings. The number of aromatic amines is 1. The first-order valence-corrected chi connectivity index (χ1v) is 9.24. The van der Waals surface area contributed by atoms with E-state index in [4.69, 9.17) is 4.74 Å². The Morgan fingerprint density at radius 2 is 2.15 bits per heavy atom. The van der Waals surface area contributed by atoms with Crippen molar-refractivity contribution in [3.8, 4) is 0 Å². The summed E-state index contributed by atoms with van der Waals surface area (Å²) in [6.07, 6.45) is 4.13. The highest BCUT2D eigenvalue weighted by Gasteiger charge is 2.36. The first-order chi connectivity index (χ1) is 13.2. The third kappa shape index (κ3) is 2.48. The molecule has 6 nitrogen and oxygen atoms in total. The van der Waals surface area contributed by atoms with E-state index in [1.807, 2.05) is 6.07 Å². The zero-order valence-corrected chi connectivity index (χ0v) is 15.1. The van der Waals surface area contributed by atoms with Crippen LogP contribution in [0.2, 0.25) is 0 Å². The van der Waals surface area contributed by atoms with Gasteiger partial charge in [-0.3, -0.25) is 9.88 Å². The summed E-state index contributed by atoms with van der Waals surface area (Å²) in [6, 6.07) is 8.44. The normalized spacial score (nSPS) is 21.9. The smallest absolute Gasteiger partial charge is 0.339 e. The number of aliphatic hydroxyl groups is 1. The van der Waals surface area contributed by atoms with Crippen molar-refractivity contribution >= 4 is 16.9 Å². The van der Waals surface area contributed by atoms with Gasteiger partial charge in [-0.25, -0.2) is 4.79 Å². The summed E-state index contributed by atoms with van der Waals surface area (Å²) < 4.78 is 4.95. The van der Waals surface area contributed by atoms with Crippen molar-refractivity contribution < 1.29 is 14.6 Å². The Hall–Kier alpha value is -2.70. The van der Waals surface area contributed by atoms with Crippen LogP contribution in [-0.2, 0) is 17.6 Å². The van der Waals surface area contributed by atoms with Crippen LogP contribution in [0.3, 0.4) is 0 Å². The van der Waals surface area contributed by atoms with Gasteiger partial charge in [0, 0.05) is 47.6 Å². The van der Waals surface area contributed by atoms with Crippen LogP contribution in [-0.4, -0.2) is 46.1 Å². The summed E-state index contributed by atoms with van der Waals surface area (Å²) in [4.78, 5) is 22.4. The van der Waals surface area contributed by atoms with Crippen LogP contribution in [0.5, 0.6) is 0 Å². The van der Waals surface area contributed by atoms with Crippen molar-refractivity contribution in [1.82, 2.24) is 14.9 Å². The number of nitrogens with zero attached hydrogens (tertiary/aromatic N) is 2. The van der Waals surface area contributed by atoms with Crippen LogP contribution in [0.25, 0.3) is 10.9 Å². The molecule has 2 aliphatic heterocycles. The lowest BCUT2D eigenvalue weighted by atomic mass is 9.91. The average molecular weight is 363 g/mol. The molecular formula is C21H21N3O3. The number of ether oxygens (including phenoxy) is 1. The highest BCUT2D eigenvalue weighted by atomic mass is 16.5. The first kappa shape index (κ1) is 16.5. The number of para-hydroxylation sites is 1. The van der Waals surface area contributed by atoms with E-state index in [1.54, 1.807) is 12.4 Å². The number of hydrogen-bond acceptors (Lipinski definition) is 5. The van der Waals surface area contributed by atoms with Crippen molar-refractivity contribution in [3.05, 3.63) is 64.6 Å². The molecule has 1 aromatic carbocycles. The van der Waals surface area contributed by atoms with Crippen molar-refractivity contribution in [2.45, 2.75) is 25.0 Å². The number of aromatic nitrogens is 2. The lowest BCUT2D eigenvalue weighted by Gasteiger charge is -2.35. The number of esters is 1. The number of hydrogen-bond donors (Lipinski definition) is 2. The molecule has 5 rings (SSSR count). The van der Waals surface area contributed by atoms with Gasteiger partial charge in [0.25, 0.3) is 0 Å². The number of pyridine rings is 1. The van der Waals surface area contributed by atoms with Crippen LogP contribution in [0.15, 0.2) is 36.7 Å². The molecular weight excluding hydrogens is 342 g/mol. The Morgan fingerprint density at radius 3 is 3.00 bits per heavy atom. The number of benzene rings is 1. The van der Waals surface area contributed by atoms with E-state index in [0.29, 0.717) is 18.5 Å². The number of rotatable bonds is 1. The molecule has 2 aromatic heterocycles. The lowest BCUT2D eigenvalue weighted by Crippen LogP contribution is -2.37. The molecule has 0 amide bonds. The van der Waals surface area contributed by atoms with Crippen molar-refractivity contribution in [3.63, 3.8) is 0 Å². The molecule has 0 aliphatic carbocycles. The summed E-state index contributed by atoms with van der Waals surface area (Å²) in [5, 5.41) is 12.1. The number of nitrogens with one attached hydrogen (secondary N) is 1. The number of fused-ring (bicyclic) bond motifs is 6. The minimum Gasteiger partial charge on any atom is -0.465 e. The number of aliphatic hydroxyl groups excluding tert-OH is 1. The molecule has 0 saturated heterocycles. The van der Waals surface area contributed by atoms with Gasteiger partial charge in [0.2, 0.25) is 0 Å². The molecule has 0 radical (unpaired) electrons.